The van der Waals surface area contributed by atoms with Crippen LogP contribution in [-0.4, -0.2) is 30.7 Å². The first kappa shape index (κ1) is 11.6. The minimum atomic E-state index is -1.07. The summed E-state index contributed by atoms with van der Waals surface area (Å²) in [5.74, 6) is -0.620. The lowest BCUT2D eigenvalue weighted by Gasteiger charge is -2.02. The van der Waals surface area contributed by atoms with E-state index in [1.165, 1.54) is 16.7 Å². The quantitative estimate of drug-likeness (QED) is 0.774. The number of rotatable bonds is 2. The van der Waals surface area contributed by atoms with E-state index < -0.39 is 5.97 Å². The summed E-state index contributed by atoms with van der Waals surface area (Å²) < 4.78 is 1.52. The van der Waals surface area contributed by atoms with Crippen molar-refractivity contribution in [1.29, 1.82) is 0 Å². The second kappa shape index (κ2) is 4.33. The Morgan fingerprint density at radius 2 is 2.16 bits per heavy atom. The molecule has 6 nitrogen and oxygen atoms in total. The van der Waals surface area contributed by atoms with Gasteiger partial charge in [-0.3, -0.25) is 9.38 Å². The molecule has 1 N–H and O–H groups in total. The van der Waals surface area contributed by atoms with Gasteiger partial charge in [-0.15, -0.1) is 10.2 Å². The number of fused-ring (bicyclic) bond motifs is 1. The molecule has 0 fully saturated rings. The lowest BCUT2D eigenvalue weighted by atomic mass is 10.3. The second-order valence-corrected chi connectivity index (χ2v) is 4.22. The molecular weight excluding hydrogens is 268 g/mol. The maximum absolute atomic E-state index is 11.0. The number of carboxylic acid groups (broad SMARTS) is 1. The van der Waals surface area contributed by atoms with Crippen molar-refractivity contribution in [1.82, 2.24) is 19.6 Å². The van der Waals surface area contributed by atoms with Crippen LogP contribution >= 0.6 is 11.6 Å². The Hall–Kier alpha value is -2.47. The Morgan fingerprint density at radius 3 is 2.84 bits per heavy atom. The molecule has 3 rings (SSSR count). The Balaban J connectivity index is 2.30. The fourth-order valence-electron chi connectivity index (χ4n) is 1.74. The van der Waals surface area contributed by atoms with E-state index in [1.807, 2.05) is 6.07 Å². The molecule has 0 spiro atoms. The molecular formula is C12H7ClN4O2. The molecule has 3 heterocycles. The van der Waals surface area contributed by atoms with Crippen LogP contribution in [-0.2, 0) is 0 Å². The van der Waals surface area contributed by atoms with E-state index >= 15 is 0 Å². The van der Waals surface area contributed by atoms with Gasteiger partial charge < -0.3 is 5.11 Å². The molecule has 7 heteroatoms. The van der Waals surface area contributed by atoms with Gasteiger partial charge in [-0.1, -0.05) is 17.7 Å². The summed E-state index contributed by atoms with van der Waals surface area (Å²) in [6, 6.07) is 6.70. The highest BCUT2D eigenvalue weighted by Gasteiger charge is 2.14. The first-order chi connectivity index (χ1) is 9.16. The summed E-state index contributed by atoms with van der Waals surface area (Å²) in [5, 5.41) is 17.2. The van der Waals surface area contributed by atoms with Crippen molar-refractivity contribution in [3.63, 3.8) is 0 Å². The number of halogens is 1. The highest BCUT2D eigenvalue weighted by molar-refractivity contribution is 6.33. The minimum Gasteiger partial charge on any atom is -0.478 e. The van der Waals surface area contributed by atoms with Gasteiger partial charge in [0, 0.05) is 12.4 Å². The molecule has 0 aliphatic rings. The molecule has 0 aromatic carbocycles. The lowest BCUT2D eigenvalue weighted by Crippen LogP contribution is -2.00. The van der Waals surface area contributed by atoms with Crippen LogP contribution in [0.1, 0.15) is 10.4 Å². The number of nitrogens with zero attached hydrogens (tertiary/aromatic N) is 4. The van der Waals surface area contributed by atoms with Crippen LogP contribution < -0.4 is 0 Å². The monoisotopic (exact) mass is 274 g/mol. The highest BCUT2D eigenvalue weighted by Crippen LogP contribution is 2.22. The molecule has 0 atom stereocenters. The zero-order chi connectivity index (χ0) is 13.4. The van der Waals surface area contributed by atoms with E-state index in [2.05, 4.69) is 15.2 Å². The van der Waals surface area contributed by atoms with Gasteiger partial charge in [0.1, 0.15) is 5.69 Å². The number of carbonyl (C=O) groups is 1. The Labute approximate surface area is 112 Å². The van der Waals surface area contributed by atoms with Gasteiger partial charge >= 0.3 is 5.97 Å². The SMILES string of the molecule is O=C(O)c1cc(Cl)c2nnc(-c3ccccn3)n2c1. The van der Waals surface area contributed by atoms with Gasteiger partial charge in [0.25, 0.3) is 0 Å². The van der Waals surface area contributed by atoms with Gasteiger partial charge in [-0.2, -0.15) is 0 Å². The van der Waals surface area contributed by atoms with Crippen LogP contribution in [0.5, 0.6) is 0 Å². The van der Waals surface area contributed by atoms with Crippen LogP contribution in [0.2, 0.25) is 5.02 Å². The molecule has 0 unspecified atom stereocenters. The van der Waals surface area contributed by atoms with Crippen molar-refractivity contribution in [3.05, 3.63) is 47.2 Å². The van der Waals surface area contributed by atoms with Gasteiger partial charge in [0.05, 0.1) is 10.6 Å². The largest absolute Gasteiger partial charge is 0.478 e. The third-order valence-corrected chi connectivity index (χ3v) is 2.88. The van der Waals surface area contributed by atoms with Crippen LogP contribution in [0.3, 0.4) is 0 Å². The number of aromatic carboxylic acids is 1. The molecule has 0 saturated heterocycles. The zero-order valence-corrected chi connectivity index (χ0v) is 10.2. The van der Waals surface area contributed by atoms with Crippen LogP contribution in [0, 0.1) is 0 Å². The molecule has 0 amide bonds. The average molecular weight is 275 g/mol. The fourth-order valence-corrected chi connectivity index (χ4v) is 1.99. The maximum atomic E-state index is 11.0. The fraction of sp³-hybridized carbons (Fsp3) is 0. The van der Waals surface area contributed by atoms with Crippen molar-refractivity contribution < 1.29 is 9.90 Å². The van der Waals surface area contributed by atoms with Crippen molar-refractivity contribution in [2.45, 2.75) is 0 Å². The third kappa shape index (κ3) is 1.92. The zero-order valence-electron chi connectivity index (χ0n) is 9.49. The Kier molecular flexibility index (Phi) is 2.64. The molecule has 3 aromatic heterocycles. The van der Waals surface area contributed by atoms with E-state index in [4.69, 9.17) is 16.7 Å². The topological polar surface area (TPSA) is 80.4 Å². The minimum absolute atomic E-state index is 0.0643. The summed E-state index contributed by atoms with van der Waals surface area (Å²) >= 11 is 6.00. The first-order valence-electron chi connectivity index (χ1n) is 5.36. The predicted molar refractivity (Wildman–Crippen MR) is 68.2 cm³/mol. The molecule has 0 aliphatic heterocycles. The first-order valence-corrected chi connectivity index (χ1v) is 5.73. The number of carboxylic acids is 1. The molecule has 3 aromatic rings. The molecule has 0 aliphatic carbocycles. The van der Waals surface area contributed by atoms with E-state index in [1.54, 1.807) is 18.3 Å². The molecule has 94 valence electrons. The summed E-state index contributed by atoms with van der Waals surface area (Å²) in [7, 11) is 0. The lowest BCUT2D eigenvalue weighted by molar-refractivity contribution is 0.0696. The number of pyridine rings is 2. The highest BCUT2D eigenvalue weighted by atomic mass is 35.5. The van der Waals surface area contributed by atoms with Crippen molar-refractivity contribution in [3.8, 4) is 11.5 Å². The molecule has 19 heavy (non-hydrogen) atoms. The Morgan fingerprint density at radius 1 is 1.32 bits per heavy atom. The summed E-state index contributed by atoms with van der Waals surface area (Å²) in [4.78, 5) is 15.2. The average Bonchev–Trinajstić information content (AvgIpc) is 2.84. The normalized spacial score (nSPS) is 10.8. The standard InChI is InChI=1S/C12H7ClN4O2/c13-8-5-7(12(18)19)6-17-10(8)15-16-11(17)9-3-1-2-4-14-9/h1-6H,(H,18,19). The van der Waals surface area contributed by atoms with E-state index in [0.717, 1.165) is 0 Å². The van der Waals surface area contributed by atoms with Crippen LogP contribution in [0.15, 0.2) is 36.7 Å². The van der Waals surface area contributed by atoms with Gasteiger partial charge in [0.15, 0.2) is 11.5 Å². The van der Waals surface area contributed by atoms with Gasteiger partial charge in [-0.25, -0.2) is 4.79 Å². The smallest absolute Gasteiger partial charge is 0.337 e. The molecule has 0 radical (unpaired) electrons. The third-order valence-electron chi connectivity index (χ3n) is 2.60. The number of hydrogen-bond acceptors (Lipinski definition) is 4. The van der Waals surface area contributed by atoms with Crippen LogP contribution in [0.4, 0.5) is 0 Å². The Bertz CT molecular complexity index is 770. The molecule has 0 bridgehead atoms. The number of aromatic nitrogens is 4. The predicted octanol–water partition coefficient (Wildman–Crippen LogP) is 2.14. The number of hydrogen-bond donors (Lipinski definition) is 1. The van der Waals surface area contributed by atoms with Crippen molar-refractivity contribution >= 4 is 23.2 Å². The summed E-state index contributed by atoms with van der Waals surface area (Å²) in [6.45, 7) is 0. The van der Waals surface area contributed by atoms with Gasteiger partial charge in [0.2, 0.25) is 0 Å². The van der Waals surface area contributed by atoms with E-state index in [9.17, 15) is 4.79 Å². The van der Waals surface area contributed by atoms with E-state index in [-0.39, 0.29) is 10.6 Å². The van der Waals surface area contributed by atoms with Crippen molar-refractivity contribution in [2.24, 2.45) is 0 Å². The summed E-state index contributed by atoms with van der Waals surface area (Å²) in [5.41, 5.74) is 1.05. The van der Waals surface area contributed by atoms with E-state index in [0.29, 0.717) is 17.2 Å². The van der Waals surface area contributed by atoms with Gasteiger partial charge in [-0.05, 0) is 18.2 Å². The van der Waals surface area contributed by atoms with Crippen LogP contribution in [0.25, 0.3) is 17.2 Å². The van der Waals surface area contributed by atoms with Crippen molar-refractivity contribution in [2.75, 3.05) is 0 Å². The summed E-state index contributed by atoms with van der Waals surface area (Å²) in [6.07, 6.45) is 3.05. The second-order valence-electron chi connectivity index (χ2n) is 3.81. The maximum Gasteiger partial charge on any atom is 0.337 e. The molecule has 0 saturated carbocycles.